The summed E-state index contributed by atoms with van der Waals surface area (Å²) in [5, 5.41) is 13.8. The van der Waals surface area contributed by atoms with Gasteiger partial charge in [0, 0.05) is 26.1 Å². The minimum absolute atomic E-state index is 0.217. The van der Waals surface area contributed by atoms with E-state index in [1.165, 1.54) is 18.3 Å². The molecule has 0 radical (unpaired) electrons. The Hall–Kier alpha value is 0.200. The van der Waals surface area contributed by atoms with Crippen LogP contribution in [0.1, 0.15) is 55.6 Å². The average Bonchev–Trinajstić information content (AvgIpc) is 2.85. The van der Waals surface area contributed by atoms with Crippen molar-refractivity contribution in [2.75, 3.05) is 25.5 Å². The monoisotopic (exact) mass is 578 g/mol. The van der Waals surface area contributed by atoms with E-state index < -0.39 is 6.10 Å². The molecule has 0 bridgehead atoms. The largest absolute Gasteiger partial charge is 0.388 e. The Morgan fingerprint density at radius 3 is 2.65 bits per heavy atom. The van der Waals surface area contributed by atoms with Crippen molar-refractivity contribution in [2.24, 2.45) is 5.92 Å². The van der Waals surface area contributed by atoms with Crippen LogP contribution in [0, 0.1) is 5.92 Å². The molecule has 1 aromatic rings. The van der Waals surface area contributed by atoms with E-state index in [0.717, 1.165) is 6.42 Å². The first-order chi connectivity index (χ1) is 12.2. The van der Waals surface area contributed by atoms with Gasteiger partial charge in [0.05, 0.1) is 28.5 Å². The van der Waals surface area contributed by atoms with Crippen molar-refractivity contribution in [3.63, 3.8) is 0 Å². The summed E-state index contributed by atoms with van der Waals surface area (Å²) in [6, 6.07) is 0. The van der Waals surface area contributed by atoms with Gasteiger partial charge in [0.1, 0.15) is 5.00 Å². The van der Waals surface area contributed by atoms with Gasteiger partial charge >= 0.3 is 0 Å². The summed E-state index contributed by atoms with van der Waals surface area (Å²) in [6.45, 7) is 6.95. The van der Waals surface area contributed by atoms with Crippen LogP contribution in [0.2, 0.25) is 0 Å². The molecular formula is C16H25BrIN2O4PS. The fourth-order valence-electron chi connectivity index (χ4n) is 2.44. The molecule has 26 heavy (non-hydrogen) atoms. The number of rotatable bonds is 10. The SMILES string of the molecule is CC(=O)Nc1sc(Br)c(C(O)CC(C)C)c1C(=O)N(C)CCCOPI. The normalized spacial score (nSPS) is 12.8. The molecule has 0 fully saturated rings. The summed E-state index contributed by atoms with van der Waals surface area (Å²) in [6.07, 6.45) is 0.477. The first-order valence-corrected chi connectivity index (χ1v) is 13.8. The van der Waals surface area contributed by atoms with Crippen molar-refractivity contribution >= 4 is 72.6 Å². The number of amides is 2. The Morgan fingerprint density at radius 1 is 1.46 bits per heavy atom. The Morgan fingerprint density at radius 2 is 2.12 bits per heavy atom. The van der Waals surface area contributed by atoms with Gasteiger partial charge in [-0.15, -0.1) is 11.3 Å². The summed E-state index contributed by atoms with van der Waals surface area (Å²) in [5.74, 6) is -0.199. The number of hydrogen-bond acceptors (Lipinski definition) is 5. The lowest BCUT2D eigenvalue weighted by atomic mass is 9.98. The number of thiophene rings is 1. The van der Waals surface area contributed by atoms with Crippen molar-refractivity contribution in [1.29, 1.82) is 0 Å². The molecule has 0 aromatic carbocycles. The molecule has 0 saturated heterocycles. The number of nitrogens with one attached hydrogen (secondary N) is 1. The number of aliphatic hydroxyl groups excluding tert-OH is 1. The van der Waals surface area contributed by atoms with Crippen LogP contribution in [0.15, 0.2) is 3.79 Å². The summed E-state index contributed by atoms with van der Waals surface area (Å²) in [5.41, 5.74) is 0.915. The number of carbonyl (C=O) groups is 2. The Balaban J connectivity index is 3.14. The van der Waals surface area contributed by atoms with Crippen molar-refractivity contribution in [3.05, 3.63) is 14.9 Å². The molecule has 0 aliphatic heterocycles. The smallest absolute Gasteiger partial charge is 0.257 e. The number of halogens is 2. The Kier molecular flexibility index (Phi) is 11.1. The molecule has 10 heteroatoms. The molecule has 0 spiro atoms. The summed E-state index contributed by atoms with van der Waals surface area (Å²) in [7, 11) is 1.72. The lowest BCUT2D eigenvalue weighted by Crippen LogP contribution is -2.30. The van der Waals surface area contributed by atoms with E-state index in [2.05, 4.69) is 43.3 Å². The van der Waals surface area contributed by atoms with Crippen LogP contribution in [0.3, 0.4) is 0 Å². The van der Waals surface area contributed by atoms with E-state index in [-0.39, 0.29) is 17.7 Å². The molecular weight excluding hydrogens is 554 g/mol. The van der Waals surface area contributed by atoms with Gasteiger partial charge in [-0.3, -0.25) is 9.59 Å². The zero-order chi connectivity index (χ0) is 19.9. The lowest BCUT2D eigenvalue weighted by molar-refractivity contribution is -0.114. The highest BCUT2D eigenvalue weighted by Gasteiger charge is 2.29. The maximum Gasteiger partial charge on any atom is 0.257 e. The van der Waals surface area contributed by atoms with Crippen molar-refractivity contribution in [2.45, 2.75) is 39.7 Å². The molecule has 2 unspecified atom stereocenters. The average molecular weight is 579 g/mol. The second kappa shape index (κ2) is 11.9. The zero-order valence-corrected chi connectivity index (χ0v) is 20.8. The maximum absolute atomic E-state index is 13.0. The van der Waals surface area contributed by atoms with Gasteiger partial charge < -0.3 is 19.8 Å². The first kappa shape index (κ1) is 24.2. The van der Waals surface area contributed by atoms with Gasteiger partial charge in [-0.25, -0.2) is 0 Å². The predicted octanol–water partition coefficient (Wildman–Crippen LogP) is 4.97. The molecule has 6 nitrogen and oxygen atoms in total. The maximum atomic E-state index is 13.0. The molecule has 1 rings (SSSR count). The minimum Gasteiger partial charge on any atom is -0.388 e. The zero-order valence-electron chi connectivity index (χ0n) is 15.3. The highest BCUT2D eigenvalue weighted by molar-refractivity contribution is 14.2. The highest BCUT2D eigenvalue weighted by Crippen LogP contribution is 2.43. The fraction of sp³-hybridized carbons (Fsp3) is 0.625. The Labute approximate surface area is 181 Å². The summed E-state index contributed by atoms with van der Waals surface area (Å²) >= 11 is 6.87. The molecule has 2 N–H and O–H groups in total. The second-order valence-corrected chi connectivity index (χ2v) is 10.4. The third-order valence-electron chi connectivity index (χ3n) is 3.57. The number of hydrogen-bond donors (Lipinski definition) is 2. The number of aliphatic hydroxyl groups is 1. The molecule has 0 saturated carbocycles. The molecule has 0 aliphatic carbocycles. The molecule has 2 atom stereocenters. The van der Waals surface area contributed by atoms with E-state index in [9.17, 15) is 14.7 Å². The van der Waals surface area contributed by atoms with Crippen LogP contribution in [-0.2, 0) is 9.32 Å². The minimum atomic E-state index is -0.779. The summed E-state index contributed by atoms with van der Waals surface area (Å²) < 4.78 is 6.00. The van der Waals surface area contributed by atoms with Crippen molar-refractivity contribution < 1.29 is 19.2 Å². The predicted molar refractivity (Wildman–Crippen MR) is 121 cm³/mol. The van der Waals surface area contributed by atoms with Crippen LogP contribution in [0.5, 0.6) is 0 Å². The standard InChI is InChI=1S/C16H25BrIN2O4PS/c1-9(2)8-11(22)12-13(15(19-10(3)21)26-14(12)17)16(23)20(4)6-5-7-24-25-18/h9,11,22,25H,5-8H2,1-4H3,(H,19,21). The van der Waals surface area contributed by atoms with Crippen LogP contribution in [0.25, 0.3) is 0 Å². The second-order valence-electron chi connectivity index (χ2n) is 6.33. The quantitative estimate of drug-likeness (QED) is 0.233. The van der Waals surface area contributed by atoms with E-state index >= 15 is 0 Å². The van der Waals surface area contributed by atoms with Crippen molar-refractivity contribution in [3.8, 4) is 0 Å². The fourth-order valence-corrected chi connectivity index (χ4v) is 5.29. The number of carbonyl (C=O) groups excluding carboxylic acids is 2. The number of anilines is 1. The third kappa shape index (κ3) is 7.31. The molecule has 148 valence electrons. The van der Waals surface area contributed by atoms with Gasteiger partial charge in [0.15, 0.2) is 0 Å². The molecule has 2 amide bonds. The molecule has 0 aliphatic rings. The topological polar surface area (TPSA) is 78.9 Å². The van der Waals surface area contributed by atoms with Gasteiger partial charge in [-0.1, -0.05) is 13.8 Å². The van der Waals surface area contributed by atoms with Crippen LogP contribution in [0.4, 0.5) is 5.00 Å². The van der Waals surface area contributed by atoms with Crippen LogP contribution < -0.4 is 5.32 Å². The van der Waals surface area contributed by atoms with Gasteiger partial charge in [-0.2, -0.15) is 0 Å². The molecule has 1 aromatic heterocycles. The first-order valence-electron chi connectivity index (χ1n) is 8.19. The highest BCUT2D eigenvalue weighted by atomic mass is 127. The van der Waals surface area contributed by atoms with Crippen LogP contribution in [-0.4, -0.2) is 42.0 Å². The van der Waals surface area contributed by atoms with Crippen LogP contribution >= 0.6 is 55.8 Å². The van der Waals surface area contributed by atoms with Gasteiger partial charge in [0.2, 0.25) is 5.91 Å². The van der Waals surface area contributed by atoms with Gasteiger partial charge in [0.25, 0.3) is 5.91 Å². The van der Waals surface area contributed by atoms with E-state index in [1.807, 2.05) is 13.8 Å². The van der Waals surface area contributed by atoms with E-state index in [0.29, 0.717) is 45.9 Å². The van der Waals surface area contributed by atoms with Gasteiger partial charge in [-0.05, 0) is 56.7 Å². The lowest BCUT2D eigenvalue weighted by Gasteiger charge is -2.21. The van der Waals surface area contributed by atoms with Crippen molar-refractivity contribution in [1.82, 2.24) is 4.90 Å². The summed E-state index contributed by atoms with van der Waals surface area (Å²) in [4.78, 5) is 26.2. The molecule has 1 heterocycles. The van der Waals surface area contributed by atoms with E-state index in [1.54, 1.807) is 11.9 Å². The Bertz CT molecular complexity index is 630. The van der Waals surface area contributed by atoms with E-state index in [4.69, 9.17) is 4.52 Å². The number of nitrogens with zero attached hydrogens (tertiary/aromatic N) is 1. The third-order valence-corrected chi connectivity index (χ3v) is 6.64.